The van der Waals surface area contributed by atoms with E-state index in [1.54, 1.807) is 0 Å². The SMILES string of the molecule is [CH]c1cnc([N+](=O)[O-])cn1. The third kappa shape index (κ3) is 1.25. The van der Waals surface area contributed by atoms with Gasteiger partial charge in [-0.1, -0.05) is 0 Å². The van der Waals surface area contributed by atoms with E-state index in [0.29, 0.717) is 0 Å². The van der Waals surface area contributed by atoms with E-state index >= 15 is 0 Å². The molecule has 2 radical (unpaired) electrons. The molecular weight excluding hydrogens is 134 g/mol. The molecule has 0 N–H and O–H groups in total. The molecule has 0 fully saturated rings. The van der Waals surface area contributed by atoms with Crippen LogP contribution in [0.1, 0.15) is 5.69 Å². The highest BCUT2D eigenvalue weighted by Gasteiger charge is 2.04. The second-order valence-electron chi connectivity index (χ2n) is 1.56. The predicted molar refractivity (Wildman–Crippen MR) is 32.1 cm³/mol. The largest absolute Gasteiger partial charge is 0.381 e. The molecule has 1 aromatic heterocycles. The molecule has 0 aliphatic heterocycles. The first-order valence-electron chi connectivity index (χ1n) is 2.42. The van der Waals surface area contributed by atoms with Gasteiger partial charge in [0.2, 0.25) is 0 Å². The van der Waals surface area contributed by atoms with Crippen LogP contribution in [0.5, 0.6) is 0 Å². The van der Waals surface area contributed by atoms with Gasteiger partial charge in [-0.25, -0.2) is 4.98 Å². The zero-order valence-corrected chi connectivity index (χ0v) is 4.89. The molecule has 0 bridgehead atoms. The van der Waals surface area contributed by atoms with Gasteiger partial charge in [0, 0.05) is 6.92 Å². The summed E-state index contributed by atoms with van der Waals surface area (Å²) in [7, 11) is 0. The van der Waals surface area contributed by atoms with Crippen molar-refractivity contribution in [3.63, 3.8) is 0 Å². The van der Waals surface area contributed by atoms with E-state index in [2.05, 4.69) is 9.97 Å². The number of hydrogen-bond donors (Lipinski definition) is 0. The highest BCUT2D eigenvalue weighted by atomic mass is 16.6. The monoisotopic (exact) mass is 137 g/mol. The normalized spacial score (nSPS) is 9.30. The van der Waals surface area contributed by atoms with Crippen LogP contribution in [0, 0.1) is 17.0 Å². The Kier molecular flexibility index (Phi) is 1.57. The Hall–Kier alpha value is -1.52. The maximum atomic E-state index is 9.97. The molecule has 1 aromatic rings. The molecule has 0 aliphatic rings. The van der Waals surface area contributed by atoms with Crippen LogP contribution in [0.2, 0.25) is 0 Å². The highest BCUT2D eigenvalue weighted by molar-refractivity contribution is 5.14. The van der Waals surface area contributed by atoms with Crippen LogP contribution in [-0.4, -0.2) is 14.9 Å². The van der Waals surface area contributed by atoms with Gasteiger partial charge < -0.3 is 10.1 Å². The summed E-state index contributed by atoms with van der Waals surface area (Å²) >= 11 is 0. The summed E-state index contributed by atoms with van der Waals surface area (Å²) in [5.41, 5.74) is 0.172. The lowest BCUT2D eigenvalue weighted by molar-refractivity contribution is -0.389. The van der Waals surface area contributed by atoms with Crippen LogP contribution >= 0.6 is 0 Å². The molecule has 5 nitrogen and oxygen atoms in total. The van der Waals surface area contributed by atoms with Crippen LogP contribution < -0.4 is 0 Å². The Morgan fingerprint density at radius 2 is 2.20 bits per heavy atom. The lowest BCUT2D eigenvalue weighted by Crippen LogP contribution is -1.93. The van der Waals surface area contributed by atoms with Crippen LogP contribution in [0.4, 0.5) is 5.82 Å². The minimum absolute atomic E-state index is 0.172. The third-order valence-electron chi connectivity index (χ3n) is 0.845. The van der Waals surface area contributed by atoms with Crippen LogP contribution in [-0.2, 0) is 0 Å². The van der Waals surface area contributed by atoms with Crippen molar-refractivity contribution < 1.29 is 4.92 Å². The van der Waals surface area contributed by atoms with Gasteiger partial charge in [-0.15, -0.1) is 0 Å². The number of aromatic nitrogens is 2. The van der Waals surface area contributed by atoms with Gasteiger partial charge in [0.15, 0.2) is 6.20 Å². The quantitative estimate of drug-likeness (QED) is 0.416. The van der Waals surface area contributed by atoms with Crippen molar-refractivity contribution in [1.82, 2.24) is 9.97 Å². The summed E-state index contributed by atoms with van der Waals surface area (Å²) in [6, 6.07) is 0. The average Bonchev–Trinajstić information content (AvgIpc) is 1.88. The first kappa shape index (κ1) is 6.60. The summed E-state index contributed by atoms with van der Waals surface area (Å²) in [5.74, 6) is -0.297. The average molecular weight is 137 g/mol. The van der Waals surface area contributed by atoms with Crippen molar-refractivity contribution in [3.8, 4) is 0 Å². The maximum absolute atomic E-state index is 9.97. The Balaban J connectivity index is 3.00. The van der Waals surface area contributed by atoms with Crippen molar-refractivity contribution in [3.05, 3.63) is 35.1 Å². The van der Waals surface area contributed by atoms with Crippen LogP contribution in [0.15, 0.2) is 12.4 Å². The molecular formula is C5H3N3O2. The molecule has 0 aromatic carbocycles. The van der Waals surface area contributed by atoms with E-state index in [4.69, 9.17) is 6.92 Å². The summed E-state index contributed by atoms with van der Waals surface area (Å²) in [6.45, 7) is 5.13. The van der Waals surface area contributed by atoms with Crippen LogP contribution in [0.3, 0.4) is 0 Å². The Morgan fingerprint density at radius 3 is 2.60 bits per heavy atom. The standard InChI is InChI=1S/C5H3N3O2/c1-4-2-7-5(3-6-4)8(9)10/h1-3H. The van der Waals surface area contributed by atoms with E-state index in [1.807, 2.05) is 0 Å². The minimum atomic E-state index is -0.633. The molecule has 1 heterocycles. The summed E-state index contributed by atoms with van der Waals surface area (Å²) < 4.78 is 0. The van der Waals surface area contributed by atoms with E-state index in [1.165, 1.54) is 0 Å². The Labute approximate surface area is 56.9 Å². The molecule has 50 valence electrons. The third-order valence-corrected chi connectivity index (χ3v) is 0.845. The van der Waals surface area contributed by atoms with Gasteiger partial charge in [0.25, 0.3) is 0 Å². The number of rotatable bonds is 1. The summed E-state index contributed by atoms with van der Waals surface area (Å²) in [6.07, 6.45) is 2.15. The molecule has 1 rings (SSSR count). The zero-order chi connectivity index (χ0) is 7.56. The van der Waals surface area contributed by atoms with E-state index < -0.39 is 4.92 Å². The van der Waals surface area contributed by atoms with Crippen molar-refractivity contribution in [2.45, 2.75) is 0 Å². The summed E-state index contributed by atoms with van der Waals surface area (Å²) in [5, 5.41) is 9.97. The first-order valence-corrected chi connectivity index (χ1v) is 2.42. The Bertz CT molecular complexity index is 244. The lowest BCUT2D eigenvalue weighted by Gasteiger charge is -1.88. The van der Waals surface area contributed by atoms with Crippen molar-refractivity contribution in [2.24, 2.45) is 0 Å². The molecule has 0 saturated carbocycles. The van der Waals surface area contributed by atoms with Gasteiger partial charge in [-0.2, -0.15) is 0 Å². The van der Waals surface area contributed by atoms with Gasteiger partial charge in [-0.05, 0) is 9.91 Å². The van der Waals surface area contributed by atoms with E-state index in [-0.39, 0.29) is 11.5 Å². The van der Waals surface area contributed by atoms with Crippen LogP contribution in [0.25, 0.3) is 0 Å². The van der Waals surface area contributed by atoms with Crippen molar-refractivity contribution in [1.29, 1.82) is 0 Å². The van der Waals surface area contributed by atoms with E-state index in [0.717, 1.165) is 12.4 Å². The number of nitro groups is 1. The molecule has 0 spiro atoms. The lowest BCUT2D eigenvalue weighted by atomic mass is 10.5. The molecule has 10 heavy (non-hydrogen) atoms. The Morgan fingerprint density at radius 1 is 1.50 bits per heavy atom. The molecule has 0 unspecified atom stereocenters. The zero-order valence-electron chi connectivity index (χ0n) is 4.89. The molecule has 5 heteroatoms. The number of nitrogens with zero attached hydrogens (tertiary/aromatic N) is 3. The molecule has 0 atom stereocenters. The number of hydrogen-bond acceptors (Lipinski definition) is 4. The van der Waals surface area contributed by atoms with Gasteiger partial charge >= 0.3 is 5.82 Å². The topological polar surface area (TPSA) is 68.9 Å². The van der Waals surface area contributed by atoms with Gasteiger partial charge in [-0.3, -0.25) is 0 Å². The fourth-order valence-corrected chi connectivity index (χ4v) is 0.425. The predicted octanol–water partition coefficient (Wildman–Crippen LogP) is 0.444. The first-order chi connectivity index (χ1) is 4.70. The highest BCUT2D eigenvalue weighted by Crippen LogP contribution is 2.01. The smallest absolute Gasteiger partial charge is 0.358 e. The van der Waals surface area contributed by atoms with Crippen molar-refractivity contribution >= 4 is 5.82 Å². The molecule has 0 aliphatic carbocycles. The second kappa shape index (κ2) is 2.38. The fraction of sp³-hybridized carbons (Fsp3) is 0. The molecule has 0 saturated heterocycles. The fourth-order valence-electron chi connectivity index (χ4n) is 0.425. The van der Waals surface area contributed by atoms with Gasteiger partial charge in [0.1, 0.15) is 6.20 Å². The van der Waals surface area contributed by atoms with Gasteiger partial charge in [0.05, 0.1) is 5.69 Å². The van der Waals surface area contributed by atoms with Crippen molar-refractivity contribution in [2.75, 3.05) is 0 Å². The maximum Gasteiger partial charge on any atom is 0.381 e. The minimum Gasteiger partial charge on any atom is -0.358 e. The van der Waals surface area contributed by atoms with E-state index in [9.17, 15) is 10.1 Å². The molecule has 0 amide bonds. The second-order valence-corrected chi connectivity index (χ2v) is 1.56. The summed E-state index contributed by atoms with van der Waals surface area (Å²) in [4.78, 5) is 16.2.